The van der Waals surface area contributed by atoms with E-state index >= 15 is 0 Å². The minimum atomic E-state index is -0.743. The maximum atomic E-state index is 13.0. The second-order valence-electron chi connectivity index (χ2n) is 9.57. The van der Waals surface area contributed by atoms with Gasteiger partial charge < -0.3 is 21.1 Å². The molecule has 1 fully saturated rings. The number of rotatable bonds is 6. The molecule has 2 aromatic rings. The summed E-state index contributed by atoms with van der Waals surface area (Å²) in [5.41, 5.74) is 10.7. The van der Waals surface area contributed by atoms with Gasteiger partial charge in [-0.1, -0.05) is 52.0 Å². The van der Waals surface area contributed by atoms with E-state index in [0.29, 0.717) is 0 Å². The third kappa shape index (κ3) is 5.19. The van der Waals surface area contributed by atoms with Gasteiger partial charge in [-0.25, -0.2) is 4.98 Å². The van der Waals surface area contributed by atoms with Crippen LogP contribution in [0.5, 0.6) is 0 Å². The van der Waals surface area contributed by atoms with Crippen LogP contribution in [-0.2, 0) is 16.0 Å². The monoisotopic (exact) mass is 458 g/mol. The van der Waals surface area contributed by atoms with Crippen molar-refractivity contribution in [2.24, 2.45) is 11.1 Å². The Labute approximate surface area is 194 Å². The molecule has 0 bridgehead atoms. The zero-order valence-corrected chi connectivity index (χ0v) is 20.3. The van der Waals surface area contributed by atoms with Crippen LogP contribution in [0.2, 0.25) is 0 Å². The van der Waals surface area contributed by atoms with Crippen molar-refractivity contribution < 1.29 is 14.7 Å². The van der Waals surface area contributed by atoms with Gasteiger partial charge in [0.2, 0.25) is 11.8 Å². The van der Waals surface area contributed by atoms with E-state index in [9.17, 15) is 14.7 Å². The summed E-state index contributed by atoms with van der Waals surface area (Å²) in [6, 6.07) is 6.38. The predicted octanol–water partition coefficient (Wildman–Crippen LogP) is 2.88. The zero-order valence-electron chi connectivity index (χ0n) is 19.5. The maximum Gasteiger partial charge on any atom is 0.243 e. The molecule has 7 nitrogen and oxygen atoms in total. The Hall–Kier alpha value is -2.29. The highest BCUT2D eigenvalue weighted by atomic mass is 32.1. The van der Waals surface area contributed by atoms with Crippen LogP contribution in [0.25, 0.3) is 10.4 Å². The molecule has 1 aliphatic heterocycles. The average molecular weight is 459 g/mol. The standard InChI is InChI=1S/C24H34N4O3S/c1-6-18-20(32-13-26-18)16-9-7-15(8-10-16)14(2)27-22(30)19-11-17(29)12-28(19)23(31)21(25)24(3,4)5/h7-10,13-14,17,19,21,29H,6,11-12,25H2,1-5H3,(H,27,30)/t14-,17+,19-,21+/m0/s1. The summed E-state index contributed by atoms with van der Waals surface area (Å²) in [7, 11) is 0. The summed E-state index contributed by atoms with van der Waals surface area (Å²) in [6.45, 7) is 9.79. The highest BCUT2D eigenvalue weighted by Crippen LogP contribution is 2.29. The van der Waals surface area contributed by atoms with Crippen LogP contribution < -0.4 is 11.1 Å². The lowest BCUT2D eigenvalue weighted by Crippen LogP contribution is -2.55. The Bertz CT molecular complexity index is 951. The summed E-state index contributed by atoms with van der Waals surface area (Å²) in [5, 5.41) is 13.2. The zero-order chi connectivity index (χ0) is 23.6. The molecular weight excluding hydrogens is 424 g/mol. The fourth-order valence-corrected chi connectivity index (χ4v) is 4.82. The van der Waals surface area contributed by atoms with Crippen LogP contribution >= 0.6 is 11.3 Å². The first-order valence-corrected chi connectivity index (χ1v) is 12.0. The summed E-state index contributed by atoms with van der Waals surface area (Å²) < 4.78 is 0. The average Bonchev–Trinajstić information content (AvgIpc) is 3.38. The van der Waals surface area contributed by atoms with Gasteiger partial charge >= 0.3 is 0 Å². The first-order valence-electron chi connectivity index (χ1n) is 11.1. The third-order valence-corrected chi connectivity index (χ3v) is 6.99. The lowest BCUT2D eigenvalue weighted by molar-refractivity contribution is -0.141. The molecule has 8 heteroatoms. The van der Waals surface area contributed by atoms with E-state index in [-0.39, 0.29) is 30.8 Å². The molecule has 174 valence electrons. The molecule has 0 unspecified atom stereocenters. The highest BCUT2D eigenvalue weighted by molar-refractivity contribution is 7.13. The summed E-state index contributed by atoms with van der Waals surface area (Å²) >= 11 is 1.62. The number of nitrogens with one attached hydrogen (secondary N) is 1. The van der Waals surface area contributed by atoms with E-state index in [1.807, 2.05) is 57.5 Å². The van der Waals surface area contributed by atoms with E-state index in [4.69, 9.17) is 5.73 Å². The first kappa shape index (κ1) is 24.4. The quantitative estimate of drug-likeness (QED) is 0.617. The van der Waals surface area contributed by atoms with Crippen molar-refractivity contribution in [3.63, 3.8) is 0 Å². The molecule has 0 radical (unpaired) electrons. The first-order chi connectivity index (χ1) is 15.0. The van der Waals surface area contributed by atoms with Crippen LogP contribution in [0.3, 0.4) is 0 Å². The molecule has 0 spiro atoms. The number of nitrogens with zero attached hydrogens (tertiary/aromatic N) is 2. The number of aromatic nitrogens is 1. The molecule has 1 aliphatic rings. The van der Waals surface area contributed by atoms with Crippen LogP contribution in [-0.4, -0.2) is 51.5 Å². The largest absolute Gasteiger partial charge is 0.391 e. The third-order valence-electron chi connectivity index (χ3n) is 6.07. The number of hydrogen-bond donors (Lipinski definition) is 3. The lowest BCUT2D eigenvalue weighted by atomic mass is 9.86. The van der Waals surface area contributed by atoms with E-state index in [0.717, 1.165) is 23.2 Å². The summed E-state index contributed by atoms with van der Waals surface area (Å²) in [4.78, 5) is 33.0. The summed E-state index contributed by atoms with van der Waals surface area (Å²) in [6.07, 6.45) is 0.364. The lowest BCUT2D eigenvalue weighted by Gasteiger charge is -2.32. The number of nitrogens with two attached hydrogens (primary N) is 1. The fraction of sp³-hybridized carbons (Fsp3) is 0.542. The second-order valence-corrected chi connectivity index (χ2v) is 10.4. The van der Waals surface area contributed by atoms with Crippen molar-refractivity contribution in [1.82, 2.24) is 15.2 Å². The van der Waals surface area contributed by atoms with Gasteiger partial charge in [0, 0.05) is 13.0 Å². The van der Waals surface area contributed by atoms with Crippen LogP contribution in [0, 0.1) is 5.41 Å². The second kappa shape index (κ2) is 9.68. The van der Waals surface area contributed by atoms with Crippen LogP contribution in [0.4, 0.5) is 0 Å². The van der Waals surface area contributed by atoms with Gasteiger partial charge in [0.05, 0.1) is 34.3 Å². The molecule has 0 saturated carbocycles. The van der Waals surface area contributed by atoms with Crippen molar-refractivity contribution >= 4 is 23.2 Å². The number of aliphatic hydroxyl groups is 1. The minimum Gasteiger partial charge on any atom is -0.391 e. The van der Waals surface area contributed by atoms with Crippen molar-refractivity contribution in [2.45, 2.75) is 71.7 Å². The van der Waals surface area contributed by atoms with Gasteiger partial charge in [-0.05, 0) is 29.9 Å². The Morgan fingerprint density at radius 2 is 1.97 bits per heavy atom. The molecule has 2 amide bonds. The molecular formula is C24H34N4O3S. The highest BCUT2D eigenvalue weighted by Gasteiger charge is 2.42. The number of β-amino-alcohol motifs (C(OH)–C–C–N with tert-alkyl or cyclic N) is 1. The van der Waals surface area contributed by atoms with Crippen molar-refractivity contribution in [2.75, 3.05) is 6.54 Å². The molecule has 32 heavy (non-hydrogen) atoms. The van der Waals surface area contributed by atoms with Crippen molar-refractivity contribution in [3.05, 3.63) is 41.0 Å². The Morgan fingerprint density at radius 3 is 2.56 bits per heavy atom. The van der Waals surface area contributed by atoms with E-state index in [2.05, 4.69) is 17.2 Å². The molecule has 4 atom stereocenters. The molecule has 2 heterocycles. The van der Waals surface area contributed by atoms with Crippen molar-refractivity contribution in [3.8, 4) is 10.4 Å². The Morgan fingerprint density at radius 1 is 1.31 bits per heavy atom. The number of benzene rings is 1. The van der Waals surface area contributed by atoms with E-state index in [1.54, 1.807) is 11.3 Å². The number of aliphatic hydroxyl groups excluding tert-OH is 1. The Balaban J connectivity index is 1.69. The molecule has 1 saturated heterocycles. The molecule has 3 rings (SSSR count). The SMILES string of the molecule is CCc1ncsc1-c1ccc([C@H](C)NC(=O)[C@@H]2C[C@@H](O)CN2C(=O)[C@@H](N)C(C)(C)C)cc1. The number of likely N-dealkylation sites (tertiary alicyclic amines) is 1. The van der Waals surface area contributed by atoms with Gasteiger partial charge in [-0.15, -0.1) is 11.3 Å². The fourth-order valence-electron chi connectivity index (χ4n) is 3.93. The van der Waals surface area contributed by atoms with Crippen molar-refractivity contribution in [1.29, 1.82) is 0 Å². The normalized spacial score (nSPS) is 20.8. The minimum absolute atomic E-state index is 0.123. The molecule has 4 N–H and O–H groups in total. The Kier molecular flexibility index (Phi) is 7.37. The number of amides is 2. The maximum absolute atomic E-state index is 13.0. The number of carbonyl (C=O) groups excluding carboxylic acids is 2. The predicted molar refractivity (Wildman–Crippen MR) is 127 cm³/mol. The van der Waals surface area contributed by atoms with Gasteiger partial charge in [0.25, 0.3) is 0 Å². The van der Waals surface area contributed by atoms with Crippen LogP contribution in [0.15, 0.2) is 29.8 Å². The van der Waals surface area contributed by atoms with E-state index in [1.165, 1.54) is 9.78 Å². The van der Waals surface area contributed by atoms with Gasteiger partial charge in [-0.3, -0.25) is 9.59 Å². The number of carbonyl (C=O) groups is 2. The molecule has 1 aromatic heterocycles. The summed E-state index contributed by atoms with van der Waals surface area (Å²) in [5.74, 6) is -0.578. The van der Waals surface area contributed by atoms with Gasteiger partial charge in [0.15, 0.2) is 0 Å². The number of aryl methyl sites for hydroxylation is 1. The number of hydrogen-bond acceptors (Lipinski definition) is 6. The van der Waals surface area contributed by atoms with Crippen LogP contribution in [0.1, 0.15) is 58.3 Å². The molecule has 0 aliphatic carbocycles. The van der Waals surface area contributed by atoms with Gasteiger partial charge in [0.1, 0.15) is 6.04 Å². The van der Waals surface area contributed by atoms with Gasteiger partial charge in [-0.2, -0.15) is 0 Å². The molecule has 1 aromatic carbocycles. The topological polar surface area (TPSA) is 109 Å². The smallest absolute Gasteiger partial charge is 0.243 e. The number of thiazole rings is 1. The van der Waals surface area contributed by atoms with E-state index < -0.39 is 23.6 Å².